The lowest BCUT2D eigenvalue weighted by atomic mass is 10.2. The Hall–Kier alpha value is -2.21. The molecule has 2 aromatic rings. The van der Waals surface area contributed by atoms with Crippen molar-refractivity contribution in [3.63, 3.8) is 0 Å². The Morgan fingerprint density at radius 1 is 0.952 bits per heavy atom. The van der Waals surface area contributed by atoms with Crippen LogP contribution in [0.25, 0.3) is 0 Å². The van der Waals surface area contributed by atoms with Gasteiger partial charge in [0.05, 0.1) is 4.90 Å². The molecular formula is C15H15NO4S. The van der Waals surface area contributed by atoms with E-state index in [0.717, 1.165) is 5.56 Å². The fourth-order valence-corrected chi connectivity index (χ4v) is 3.10. The molecule has 0 amide bonds. The van der Waals surface area contributed by atoms with E-state index in [1.54, 1.807) is 18.2 Å². The molecule has 0 aromatic heterocycles. The predicted octanol–water partition coefficient (Wildman–Crippen LogP) is 2.57. The molecule has 0 bridgehead atoms. The molecule has 0 fully saturated rings. The second kappa shape index (κ2) is 5.29. The highest BCUT2D eigenvalue weighted by Gasteiger charge is 2.19. The van der Waals surface area contributed by atoms with Crippen molar-refractivity contribution in [1.29, 1.82) is 0 Å². The van der Waals surface area contributed by atoms with E-state index < -0.39 is 10.0 Å². The zero-order chi connectivity index (χ0) is 14.9. The smallest absolute Gasteiger partial charge is 0.262 e. The number of hydrogen-bond donors (Lipinski definition) is 1. The zero-order valence-corrected chi connectivity index (χ0v) is 12.3. The fraction of sp³-hybridized carbons (Fsp3) is 0.200. The predicted molar refractivity (Wildman–Crippen MR) is 79.4 cm³/mol. The molecule has 1 N–H and O–H groups in total. The Morgan fingerprint density at radius 2 is 1.62 bits per heavy atom. The minimum absolute atomic E-state index is 0.146. The van der Waals surface area contributed by atoms with Crippen molar-refractivity contribution in [2.45, 2.75) is 11.8 Å². The third-order valence-electron chi connectivity index (χ3n) is 3.13. The first-order valence-electron chi connectivity index (χ1n) is 6.54. The van der Waals surface area contributed by atoms with E-state index >= 15 is 0 Å². The molecule has 0 unspecified atom stereocenters. The van der Waals surface area contributed by atoms with Crippen LogP contribution in [0.4, 0.5) is 5.69 Å². The first kappa shape index (κ1) is 13.8. The van der Waals surface area contributed by atoms with E-state index in [1.165, 1.54) is 12.1 Å². The molecule has 0 radical (unpaired) electrons. The number of hydrogen-bond acceptors (Lipinski definition) is 4. The largest absolute Gasteiger partial charge is 0.486 e. The Labute approximate surface area is 123 Å². The number of fused-ring (bicyclic) bond motifs is 1. The number of nitrogens with one attached hydrogen (secondary N) is 1. The van der Waals surface area contributed by atoms with Crippen molar-refractivity contribution in [2.75, 3.05) is 17.9 Å². The quantitative estimate of drug-likeness (QED) is 0.946. The maximum atomic E-state index is 12.4. The summed E-state index contributed by atoms with van der Waals surface area (Å²) in [5, 5.41) is 0. The number of ether oxygens (including phenoxy) is 2. The summed E-state index contributed by atoms with van der Waals surface area (Å²) >= 11 is 0. The first-order chi connectivity index (χ1) is 10.0. The Balaban J connectivity index is 1.89. The summed E-state index contributed by atoms with van der Waals surface area (Å²) in [6.07, 6.45) is 0. The van der Waals surface area contributed by atoms with Crippen molar-refractivity contribution in [3.8, 4) is 11.5 Å². The van der Waals surface area contributed by atoms with Crippen molar-refractivity contribution >= 4 is 15.7 Å². The van der Waals surface area contributed by atoms with Gasteiger partial charge in [-0.3, -0.25) is 4.72 Å². The van der Waals surface area contributed by atoms with Gasteiger partial charge in [0.1, 0.15) is 13.2 Å². The minimum Gasteiger partial charge on any atom is -0.486 e. The highest BCUT2D eigenvalue weighted by atomic mass is 32.2. The van der Waals surface area contributed by atoms with Gasteiger partial charge in [-0.05, 0) is 31.2 Å². The van der Waals surface area contributed by atoms with E-state index in [2.05, 4.69) is 4.72 Å². The van der Waals surface area contributed by atoms with Gasteiger partial charge < -0.3 is 9.47 Å². The van der Waals surface area contributed by atoms with E-state index in [1.807, 2.05) is 19.1 Å². The number of rotatable bonds is 3. The first-order valence-corrected chi connectivity index (χ1v) is 8.02. The van der Waals surface area contributed by atoms with Gasteiger partial charge in [-0.15, -0.1) is 0 Å². The van der Waals surface area contributed by atoms with Gasteiger partial charge in [-0.2, -0.15) is 0 Å². The van der Waals surface area contributed by atoms with Crippen LogP contribution in [-0.4, -0.2) is 21.6 Å². The Kier molecular flexibility index (Phi) is 3.47. The van der Waals surface area contributed by atoms with Gasteiger partial charge in [0.15, 0.2) is 11.5 Å². The highest BCUT2D eigenvalue weighted by Crippen LogP contribution is 2.32. The normalized spacial score (nSPS) is 13.8. The highest BCUT2D eigenvalue weighted by molar-refractivity contribution is 7.92. The maximum Gasteiger partial charge on any atom is 0.262 e. The van der Waals surface area contributed by atoms with Crippen LogP contribution in [0.15, 0.2) is 47.4 Å². The summed E-state index contributed by atoms with van der Waals surface area (Å²) in [6.45, 7) is 2.84. The molecule has 1 aliphatic rings. The van der Waals surface area contributed by atoms with Crippen LogP contribution in [-0.2, 0) is 10.0 Å². The second-order valence-corrected chi connectivity index (χ2v) is 6.46. The molecule has 5 nitrogen and oxygen atoms in total. The van der Waals surface area contributed by atoms with E-state index in [-0.39, 0.29) is 4.90 Å². The molecule has 0 saturated carbocycles. The molecule has 1 heterocycles. The number of benzene rings is 2. The van der Waals surface area contributed by atoms with Crippen LogP contribution in [0.3, 0.4) is 0 Å². The second-order valence-electron chi connectivity index (χ2n) is 4.78. The molecule has 110 valence electrons. The van der Waals surface area contributed by atoms with Crippen LogP contribution in [0.1, 0.15) is 5.56 Å². The van der Waals surface area contributed by atoms with Gasteiger partial charge in [0.25, 0.3) is 10.0 Å². The Bertz CT molecular complexity index is 754. The molecule has 3 rings (SSSR count). The average Bonchev–Trinajstić information content (AvgIpc) is 2.49. The molecule has 2 aromatic carbocycles. The van der Waals surface area contributed by atoms with Gasteiger partial charge in [-0.1, -0.05) is 17.7 Å². The number of aryl methyl sites for hydroxylation is 1. The van der Waals surface area contributed by atoms with Gasteiger partial charge in [-0.25, -0.2) is 8.42 Å². The molecule has 21 heavy (non-hydrogen) atoms. The lowest BCUT2D eigenvalue weighted by Gasteiger charge is -2.19. The monoisotopic (exact) mass is 305 g/mol. The average molecular weight is 305 g/mol. The van der Waals surface area contributed by atoms with Gasteiger partial charge >= 0.3 is 0 Å². The minimum atomic E-state index is -3.65. The molecule has 1 aliphatic heterocycles. The van der Waals surface area contributed by atoms with E-state index in [4.69, 9.17) is 9.47 Å². The van der Waals surface area contributed by atoms with Crippen LogP contribution >= 0.6 is 0 Å². The summed E-state index contributed by atoms with van der Waals surface area (Å²) in [7, 11) is -3.65. The molecule has 0 aliphatic carbocycles. The standard InChI is InChI=1S/C15H15NO4S/c1-11-2-4-12(5-3-11)16-21(17,18)13-6-7-14-15(10-13)20-9-8-19-14/h2-7,10,16H,8-9H2,1H3. The van der Waals surface area contributed by atoms with Crippen molar-refractivity contribution in [1.82, 2.24) is 0 Å². The van der Waals surface area contributed by atoms with Crippen molar-refractivity contribution < 1.29 is 17.9 Å². The fourth-order valence-electron chi connectivity index (χ4n) is 2.03. The topological polar surface area (TPSA) is 64.6 Å². The molecule has 0 spiro atoms. The summed E-state index contributed by atoms with van der Waals surface area (Å²) in [6, 6.07) is 11.7. The SMILES string of the molecule is Cc1ccc(NS(=O)(=O)c2ccc3c(c2)OCCO3)cc1. The zero-order valence-electron chi connectivity index (χ0n) is 11.5. The van der Waals surface area contributed by atoms with Crippen molar-refractivity contribution in [2.24, 2.45) is 0 Å². The molecule has 6 heteroatoms. The summed E-state index contributed by atoms with van der Waals surface area (Å²) in [5.74, 6) is 1.02. The number of sulfonamides is 1. The maximum absolute atomic E-state index is 12.4. The third-order valence-corrected chi connectivity index (χ3v) is 4.51. The van der Waals surface area contributed by atoms with Crippen LogP contribution in [0.5, 0.6) is 11.5 Å². The molecule has 0 atom stereocenters. The lowest BCUT2D eigenvalue weighted by Crippen LogP contribution is -2.17. The Morgan fingerprint density at radius 3 is 2.33 bits per heavy atom. The molecule has 0 saturated heterocycles. The molecular weight excluding hydrogens is 290 g/mol. The van der Waals surface area contributed by atoms with E-state index in [9.17, 15) is 8.42 Å². The van der Waals surface area contributed by atoms with Crippen LogP contribution in [0, 0.1) is 6.92 Å². The summed E-state index contributed by atoms with van der Waals surface area (Å²) < 4.78 is 38.1. The van der Waals surface area contributed by atoms with Crippen LogP contribution < -0.4 is 14.2 Å². The third kappa shape index (κ3) is 2.95. The van der Waals surface area contributed by atoms with Crippen molar-refractivity contribution in [3.05, 3.63) is 48.0 Å². The van der Waals surface area contributed by atoms with E-state index in [0.29, 0.717) is 30.4 Å². The lowest BCUT2D eigenvalue weighted by molar-refractivity contribution is 0.171. The summed E-state index contributed by atoms with van der Waals surface area (Å²) in [4.78, 5) is 0.146. The number of anilines is 1. The van der Waals surface area contributed by atoms with Gasteiger partial charge in [0.2, 0.25) is 0 Å². The summed E-state index contributed by atoms with van der Waals surface area (Å²) in [5.41, 5.74) is 1.59. The van der Waals surface area contributed by atoms with Crippen LogP contribution in [0.2, 0.25) is 0 Å². The van der Waals surface area contributed by atoms with Gasteiger partial charge in [0, 0.05) is 11.8 Å².